The molecule has 3 rings (SSSR count). The summed E-state index contributed by atoms with van der Waals surface area (Å²) in [6.07, 6.45) is 6.30. The third-order valence-corrected chi connectivity index (χ3v) is 3.76. The first kappa shape index (κ1) is 14.0. The lowest BCUT2D eigenvalue weighted by molar-refractivity contribution is 0.384. The lowest BCUT2D eigenvalue weighted by Crippen LogP contribution is -2.21. The highest BCUT2D eigenvalue weighted by molar-refractivity contribution is 5.35. The van der Waals surface area contributed by atoms with E-state index in [1.807, 2.05) is 19.1 Å². The van der Waals surface area contributed by atoms with Gasteiger partial charge in [0.05, 0.1) is 12.2 Å². The predicted octanol–water partition coefficient (Wildman–Crippen LogP) is 2.07. The molecule has 1 saturated heterocycles. The van der Waals surface area contributed by atoms with Crippen LogP contribution in [0.2, 0.25) is 0 Å². The van der Waals surface area contributed by atoms with Crippen LogP contribution >= 0.6 is 0 Å². The van der Waals surface area contributed by atoms with Gasteiger partial charge >= 0.3 is 0 Å². The minimum Gasteiger partial charge on any atom is -0.363 e. The van der Waals surface area contributed by atoms with Crippen LogP contribution in [-0.4, -0.2) is 27.7 Å². The Bertz CT molecular complexity index is 577. The number of rotatable bonds is 6. The first-order valence-electron chi connectivity index (χ1n) is 7.50. The summed E-state index contributed by atoms with van der Waals surface area (Å²) in [5.74, 6) is 1.64. The summed E-state index contributed by atoms with van der Waals surface area (Å²) in [6.45, 7) is 3.65. The molecule has 2 aromatic rings. The first-order valence-corrected chi connectivity index (χ1v) is 7.50. The van der Waals surface area contributed by atoms with Crippen molar-refractivity contribution in [2.24, 2.45) is 0 Å². The molecule has 3 heterocycles. The van der Waals surface area contributed by atoms with Gasteiger partial charge in [0, 0.05) is 23.9 Å². The van der Waals surface area contributed by atoms with Crippen molar-refractivity contribution in [1.29, 1.82) is 0 Å². The molecule has 1 unspecified atom stereocenters. The molecule has 1 fully saturated rings. The van der Waals surface area contributed by atoms with Gasteiger partial charge in [-0.05, 0) is 39.2 Å². The molecule has 0 aromatic carbocycles. The summed E-state index contributed by atoms with van der Waals surface area (Å²) in [6, 6.07) is 4.58. The Balaban J connectivity index is 1.52. The third-order valence-electron chi connectivity index (χ3n) is 3.76. The number of aryl methyl sites for hydroxylation is 2. The van der Waals surface area contributed by atoms with Gasteiger partial charge in [-0.3, -0.25) is 0 Å². The number of aromatic nitrogens is 3. The Hall–Kier alpha value is -1.95. The molecule has 0 bridgehead atoms. The van der Waals surface area contributed by atoms with Crippen LogP contribution in [0.25, 0.3) is 0 Å². The van der Waals surface area contributed by atoms with Crippen molar-refractivity contribution >= 4 is 5.82 Å². The second-order valence-corrected chi connectivity index (χ2v) is 5.51. The number of nitrogens with one attached hydrogen (secondary N) is 2. The lowest BCUT2D eigenvalue weighted by atomic mass is 10.1. The van der Waals surface area contributed by atoms with E-state index < -0.39 is 0 Å². The van der Waals surface area contributed by atoms with Crippen molar-refractivity contribution in [2.75, 3.05) is 11.9 Å². The zero-order chi connectivity index (χ0) is 14.5. The Labute approximate surface area is 124 Å². The zero-order valence-corrected chi connectivity index (χ0v) is 12.3. The molecule has 1 aliphatic rings. The number of anilines is 1. The molecule has 0 radical (unpaired) electrons. The monoisotopic (exact) mass is 287 g/mol. The molecule has 0 aliphatic carbocycles. The molecule has 2 N–H and O–H groups in total. The van der Waals surface area contributed by atoms with Gasteiger partial charge in [0.15, 0.2) is 5.76 Å². The Morgan fingerprint density at radius 2 is 2.33 bits per heavy atom. The molecule has 1 aliphatic heterocycles. The highest BCUT2D eigenvalue weighted by atomic mass is 16.5. The fraction of sp³-hybridized carbons (Fsp3) is 0.533. The van der Waals surface area contributed by atoms with Gasteiger partial charge in [0.1, 0.15) is 12.1 Å². The standard InChI is InChI=1S/C15H21N5O/c1-11-7-14(21-20-11)9-17-15-8-13(18-10-19-15)5-4-12-3-2-6-16-12/h7-8,10,12,16H,2-6,9H2,1H3,(H,17,18,19). The van der Waals surface area contributed by atoms with Crippen LogP contribution < -0.4 is 10.6 Å². The van der Waals surface area contributed by atoms with Crippen LogP contribution in [0.1, 0.15) is 36.4 Å². The topological polar surface area (TPSA) is 75.9 Å². The highest BCUT2D eigenvalue weighted by Gasteiger charge is 2.13. The summed E-state index contributed by atoms with van der Waals surface area (Å²) in [5.41, 5.74) is 1.97. The maximum Gasteiger partial charge on any atom is 0.156 e. The second-order valence-electron chi connectivity index (χ2n) is 5.51. The molecular weight excluding hydrogens is 266 g/mol. The largest absolute Gasteiger partial charge is 0.363 e. The summed E-state index contributed by atoms with van der Waals surface area (Å²) in [7, 11) is 0. The number of hydrogen-bond acceptors (Lipinski definition) is 6. The van der Waals surface area contributed by atoms with Gasteiger partial charge in [-0.1, -0.05) is 5.16 Å². The van der Waals surface area contributed by atoms with E-state index in [4.69, 9.17) is 4.52 Å². The van der Waals surface area contributed by atoms with Gasteiger partial charge in [0.2, 0.25) is 0 Å². The molecule has 21 heavy (non-hydrogen) atoms. The second kappa shape index (κ2) is 6.67. The molecule has 1 atom stereocenters. The van der Waals surface area contributed by atoms with Crippen molar-refractivity contribution in [2.45, 2.75) is 45.2 Å². The van der Waals surface area contributed by atoms with E-state index in [9.17, 15) is 0 Å². The average molecular weight is 287 g/mol. The summed E-state index contributed by atoms with van der Waals surface area (Å²) in [5, 5.41) is 10.6. The Kier molecular flexibility index (Phi) is 4.45. The minimum atomic E-state index is 0.585. The molecule has 6 nitrogen and oxygen atoms in total. The normalized spacial score (nSPS) is 18.0. The van der Waals surface area contributed by atoms with Gasteiger partial charge in [-0.25, -0.2) is 9.97 Å². The smallest absolute Gasteiger partial charge is 0.156 e. The molecule has 0 spiro atoms. The maximum atomic E-state index is 5.17. The van der Waals surface area contributed by atoms with Crippen molar-refractivity contribution in [3.8, 4) is 0 Å². The van der Waals surface area contributed by atoms with Crippen LogP contribution in [0.3, 0.4) is 0 Å². The molecule has 0 saturated carbocycles. The zero-order valence-electron chi connectivity index (χ0n) is 12.3. The Morgan fingerprint density at radius 3 is 3.10 bits per heavy atom. The van der Waals surface area contributed by atoms with Crippen molar-refractivity contribution < 1.29 is 4.52 Å². The quantitative estimate of drug-likeness (QED) is 0.847. The van der Waals surface area contributed by atoms with E-state index >= 15 is 0 Å². The van der Waals surface area contributed by atoms with E-state index in [0.29, 0.717) is 12.6 Å². The highest BCUT2D eigenvalue weighted by Crippen LogP contribution is 2.13. The van der Waals surface area contributed by atoms with E-state index in [-0.39, 0.29) is 0 Å². The van der Waals surface area contributed by atoms with E-state index in [0.717, 1.165) is 42.4 Å². The van der Waals surface area contributed by atoms with Crippen molar-refractivity contribution in [1.82, 2.24) is 20.4 Å². The van der Waals surface area contributed by atoms with Gasteiger partial charge in [0.25, 0.3) is 0 Å². The molecule has 0 amide bonds. The van der Waals surface area contributed by atoms with E-state index in [1.165, 1.54) is 12.8 Å². The van der Waals surface area contributed by atoms with Crippen LogP contribution in [0.15, 0.2) is 23.0 Å². The number of nitrogens with zero attached hydrogens (tertiary/aromatic N) is 3. The predicted molar refractivity (Wildman–Crippen MR) is 79.9 cm³/mol. The Morgan fingerprint density at radius 1 is 1.38 bits per heavy atom. The van der Waals surface area contributed by atoms with Crippen molar-refractivity contribution in [3.63, 3.8) is 0 Å². The molecule has 6 heteroatoms. The number of hydrogen-bond donors (Lipinski definition) is 2. The van der Waals surface area contributed by atoms with E-state index in [1.54, 1.807) is 6.33 Å². The molecular formula is C15H21N5O. The minimum absolute atomic E-state index is 0.585. The van der Waals surface area contributed by atoms with Crippen LogP contribution in [0.4, 0.5) is 5.82 Å². The average Bonchev–Trinajstić information content (AvgIpc) is 3.15. The third kappa shape index (κ3) is 4.01. The maximum absolute atomic E-state index is 5.17. The summed E-state index contributed by atoms with van der Waals surface area (Å²) < 4.78 is 5.17. The van der Waals surface area contributed by atoms with E-state index in [2.05, 4.69) is 25.8 Å². The van der Waals surface area contributed by atoms with Crippen LogP contribution in [0, 0.1) is 6.92 Å². The fourth-order valence-electron chi connectivity index (χ4n) is 2.63. The van der Waals surface area contributed by atoms with Crippen molar-refractivity contribution in [3.05, 3.63) is 35.6 Å². The molecule has 112 valence electrons. The summed E-state index contributed by atoms with van der Waals surface area (Å²) in [4.78, 5) is 8.59. The van der Waals surface area contributed by atoms with Crippen LogP contribution in [0.5, 0.6) is 0 Å². The van der Waals surface area contributed by atoms with Crippen LogP contribution in [-0.2, 0) is 13.0 Å². The molecule has 2 aromatic heterocycles. The SMILES string of the molecule is Cc1cc(CNc2cc(CCC3CCCN3)ncn2)on1. The lowest BCUT2D eigenvalue weighted by Gasteiger charge is -2.10. The van der Waals surface area contributed by atoms with Gasteiger partial charge < -0.3 is 15.2 Å². The van der Waals surface area contributed by atoms with Gasteiger partial charge in [-0.15, -0.1) is 0 Å². The summed E-state index contributed by atoms with van der Waals surface area (Å²) >= 11 is 0. The first-order chi connectivity index (χ1) is 10.3. The van der Waals surface area contributed by atoms with Gasteiger partial charge in [-0.2, -0.15) is 0 Å². The fourth-order valence-corrected chi connectivity index (χ4v) is 2.63.